The fourth-order valence-electron chi connectivity index (χ4n) is 1.73. The molecule has 0 aliphatic heterocycles. The second-order valence-corrected chi connectivity index (χ2v) is 4.64. The Balaban J connectivity index is 2.82. The van der Waals surface area contributed by atoms with Crippen molar-refractivity contribution < 1.29 is 19.1 Å². The Hall–Kier alpha value is -1.85. The van der Waals surface area contributed by atoms with Crippen molar-refractivity contribution in [1.29, 1.82) is 0 Å². The van der Waals surface area contributed by atoms with Gasteiger partial charge in [0.05, 0.1) is 18.9 Å². The topological polar surface area (TPSA) is 70.4 Å². The molecule has 0 saturated heterocycles. The second-order valence-electron chi connectivity index (χ2n) is 4.64. The fraction of sp³-hybridized carbons (Fsp3) is 0.643. The van der Waals surface area contributed by atoms with Crippen LogP contribution in [0.25, 0.3) is 0 Å². The molecule has 1 aromatic rings. The monoisotopic (exact) mass is 282 g/mol. The summed E-state index contributed by atoms with van der Waals surface area (Å²) in [6, 6.07) is 2.03. The molecule has 6 nitrogen and oxygen atoms in total. The van der Waals surface area contributed by atoms with E-state index >= 15 is 0 Å². The van der Waals surface area contributed by atoms with Crippen molar-refractivity contribution in [3.63, 3.8) is 0 Å². The normalized spacial score (nSPS) is 10.9. The molecule has 0 fully saturated rings. The highest BCUT2D eigenvalue weighted by Crippen LogP contribution is 2.13. The summed E-state index contributed by atoms with van der Waals surface area (Å²) in [5.74, 6) is -2.08. The van der Waals surface area contributed by atoms with Crippen molar-refractivity contribution in [2.24, 2.45) is 5.92 Å². The average molecular weight is 282 g/mol. The van der Waals surface area contributed by atoms with Gasteiger partial charge in [0.25, 0.3) is 0 Å². The van der Waals surface area contributed by atoms with Gasteiger partial charge in [0.2, 0.25) is 0 Å². The van der Waals surface area contributed by atoms with Crippen molar-refractivity contribution in [3.05, 3.63) is 18.0 Å². The summed E-state index contributed by atoms with van der Waals surface area (Å²) in [4.78, 5) is 23.7. The van der Waals surface area contributed by atoms with Crippen LogP contribution >= 0.6 is 0 Å². The van der Waals surface area contributed by atoms with E-state index in [1.165, 1.54) is 0 Å². The van der Waals surface area contributed by atoms with Gasteiger partial charge in [-0.25, -0.2) is 0 Å². The Morgan fingerprint density at radius 1 is 1.20 bits per heavy atom. The molecule has 1 rings (SSSR count). The summed E-state index contributed by atoms with van der Waals surface area (Å²) in [5.41, 5.74) is 0.671. The third-order valence-electron chi connectivity index (χ3n) is 2.75. The van der Waals surface area contributed by atoms with Crippen LogP contribution in [0.5, 0.6) is 0 Å². The van der Waals surface area contributed by atoms with Crippen LogP contribution in [-0.4, -0.2) is 34.9 Å². The molecule has 0 radical (unpaired) electrons. The molecule has 0 spiro atoms. The summed E-state index contributed by atoms with van der Waals surface area (Å²) in [6.45, 7) is 7.88. The van der Waals surface area contributed by atoms with Crippen molar-refractivity contribution in [2.75, 3.05) is 13.2 Å². The maximum Gasteiger partial charge on any atom is 0.320 e. The molecule has 0 bridgehead atoms. The Bertz CT molecular complexity index is 436. The third kappa shape index (κ3) is 4.36. The van der Waals surface area contributed by atoms with Crippen molar-refractivity contribution >= 4 is 11.9 Å². The summed E-state index contributed by atoms with van der Waals surface area (Å²) in [7, 11) is 0. The Morgan fingerprint density at radius 2 is 1.75 bits per heavy atom. The molecule has 1 heterocycles. The predicted octanol–water partition coefficient (Wildman–Crippen LogP) is 1.75. The molecular formula is C14H22N2O4. The molecule has 0 atom stereocenters. The lowest BCUT2D eigenvalue weighted by Crippen LogP contribution is -2.30. The van der Waals surface area contributed by atoms with Gasteiger partial charge in [0.1, 0.15) is 0 Å². The van der Waals surface area contributed by atoms with E-state index in [2.05, 4.69) is 5.10 Å². The second kappa shape index (κ2) is 7.67. The van der Waals surface area contributed by atoms with Gasteiger partial charge in [-0.2, -0.15) is 5.10 Å². The molecule has 0 aliphatic rings. The standard InChI is InChI=1S/C14H22N2O4/c1-5-19-13(17)12(14(18)20-6-2)9-11-7-8-16(15-11)10(3)4/h7-8,10,12H,5-6,9H2,1-4H3. The molecule has 20 heavy (non-hydrogen) atoms. The van der Waals surface area contributed by atoms with E-state index < -0.39 is 17.9 Å². The summed E-state index contributed by atoms with van der Waals surface area (Å²) >= 11 is 0. The van der Waals surface area contributed by atoms with Crippen LogP contribution in [0, 0.1) is 5.92 Å². The molecular weight excluding hydrogens is 260 g/mol. The highest BCUT2D eigenvalue weighted by Gasteiger charge is 2.30. The maximum atomic E-state index is 11.8. The van der Waals surface area contributed by atoms with E-state index in [4.69, 9.17) is 9.47 Å². The van der Waals surface area contributed by atoms with Crippen molar-refractivity contribution in [1.82, 2.24) is 9.78 Å². The lowest BCUT2D eigenvalue weighted by Gasteiger charge is -2.13. The van der Waals surface area contributed by atoms with Crippen LogP contribution in [0.1, 0.15) is 39.4 Å². The number of nitrogens with zero attached hydrogens (tertiary/aromatic N) is 2. The number of carbonyl (C=O) groups is 2. The molecule has 0 aromatic carbocycles. The smallest absolute Gasteiger partial charge is 0.320 e. The third-order valence-corrected chi connectivity index (χ3v) is 2.75. The minimum absolute atomic E-state index is 0.192. The minimum Gasteiger partial charge on any atom is -0.465 e. The quantitative estimate of drug-likeness (QED) is 0.563. The average Bonchev–Trinajstić information content (AvgIpc) is 2.85. The van der Waals surface area contributed by atoms with Gasteiger partial charge < -0.3 is 9.47 Å². The lowest BCUT2D eigenvalue weighted by molar-refractivity contribution is -0.161. The minimum atomic E-state index is -0.953. The van der Waals surface area contributed by atoms with Crippen molar-refractivity contribution in [3.8, 4) is 0 Å². The molecule has 0 unspecified atom stereocenters. The van der Waals surface area contributed by atoms with Crippen LogP contribution in [0.4, 0.5) is 0 Å². The van der Waals surface area contributed by atoms with Gasteiger partial charge in [-0.15, -0.1) is 0 Å². The fourth-order valence-corrected chi connectivity index (χ4v) is 1.73. The molecule has 0 aliphatic carbocycles. The predicted molar refractivity (Wildman–Crippen MR) is 73.1 cm³/mol. The molecule has 0 amide bonds. The zero-order valence-electron chi connectivity index (χ0n) is 12.5. The summed E-state index contributed by atoms with van der Waals surface area (Å²) in [6.07, 6.45) is 2.02. The van der Waals surface area contributed by atoms with Crippen molar-refractivity contribution in [2.45, 2.75) is 40.2 Å². The Morgan fingerprint density at radius 3 is 2.15 bits per heavy atom. The van der Waals surface area contributed by atoms with Gasteiger partial charge in [0, 0.05) is 18.7 Å². The van der Waals surface area contributed by atoms with E-state index in [0.29, 0.717) is 5.69 Å². The van der Waals surface area contributed by atoms with Gasteiger partial charge in [-0.05, 0) is 33.8 Å². The number of aromatic nitrogens is 2. The van der Waals surface area contributed by atoms with Gasteiger partial charge >= 0.3 is 11.9 Å². The first kappa shape index (κ1) is 16.2. The first-order valence-electron chi connectivity index (χ1n) is 6.86. The SMILES string of the molecule is CCOC(=O)C(Cc1ccn(C(C)C)n1)C(=O)OCC. The van der Waals surface area contributed by atoms with Gasteiger partial charge in [0.15, 0.2) is 5.92 Å². The number of hydrogen-bond acceptors (Lipinski definition) is 5. The number of rotatable bonds is 7. The molecule has 0 saturated carbocycles. The van der Waals surface area contributed by atoms with E-state index in [1.54, 1.807) is 24.6 Å². The maximum absolute atomic E-state index is 11.8. The Kier molecular flexibility index (Phi) is 6.21. The molecule has 112 valence electrons. The Labute approximate surface area is 119 Å². The van der Waals surface area contributed by atoms with Gasteiger partial charge in [-0.3, -0.25) is 14.3 Å². The van der Waals surface area contributed by atoms with Crippen LogP contribution < -0.4 is 0 Å². The van der Waals surface area contributed by atoms with E-state index in [-0.39, 0.29) is 25.7 Å². The van der Waals surface area contributed by atoms with Gasteiger partial charge in [-0.1, -0.05) is 0 Å². The zero-order chi connectivity index (χ0) is 15.1. The van der Waals surface area contributed by atoms with Crippen LogP contribution in [0.2, 0.25) is 0 Å². The van der Waals surface area contributed by atoms with E-state index in [9.17, 15) is 9.59 Å². The molecule has 0 N–H and O–H groups in total. The first-order valence-corrected chi connectivity index (χ1v) is 6.86. The molecule has 6 heteroatoms. The van der Waals surface area contributed by atoms with Crippen LogP contribution in [-0.2, 0) is 25.5 Å². The van der Waals surface area contributed by atoms with Crippen LogP contribution in [0.15, 0.2) is 12.3 Å². The van der Waals surface area contributed by atoms with Crippen LogP contribution in [0.3, 0.4) is 0 Å². The number of ether oxygens (including phenoxy) is 2. The summed E-state index contributed by atoms with van der Waals surface area (Å²) < 4.78 is 11.6. The highest BCUT2D eigenvalue weighted by molar-refractivity contribution is 5.95. The lowest BCUT2D eigenvalue weighted by atomic mass is 10.0. The number of esters is 2. The zero-order valence-corrected chi connectivity index (χ0v) is 12.5. The number of hydrogen-bond donors (Lipinski definition) is 0. The van der Waals surface area contributed by atoms with E-state index in [1.807, 2.05) is 20.0 Å². The molecule has 1 aromatic heterocycles. The highest BCUT2D eigenvalue weighted by atomic mass is 16.6. The number of carbonyl (C=O) groups excluding carboxylic acids is 2. The first-order chi connectivity index (χ1) is 9.49. The summed E-state index contributed by atoms with van der Waals surface area (Å²) in [5, 5.41) is 4.34. The van der Waals surface area contributed by atoms with E-state index in [0.717, 1.165) is 0 Å². The largest absolute Gasteiger partial charge is 0.465 e.